The minimum absolute atomic E-state index is 0.499. The van der Waals surface area contributed by atoms with Gasteiger partial charge in [-0.3, -0.25) is 0 Å². The van der Waals surface area contributed by atoms with Gasteiger partial charge in [0, 0.05) is 28.4 Å². The number of hydrogen-bond acceptors (Lipinski definition) is 4. The van der Waals surface area contributed by atoms with Gasteiger partial charge in [-0.25, -0.2) is 0 Å². The fourth-order valence-electron chi connectivity index (χ4n) is 13.4. The summed E-state index contributed by atoms with van der Waals surface area (Å²) in [6.45, 7) is 0. The fraction of sp³-hybridized carbons (Fsp3) is 1.00. The highest BCUT2D eigenvalue weighted by molar-refractivity contribution is 5.12. The van der Waals surface area contributed by atoms with Crippen LogP contribution in [0.2, 0.25) is 0 Å². The monoisotopic (exact) mass is 586 g/mol. The molecule has 0 aromatic carbocycles. The van der Waals surface area contributed by atoms with E-state index in [2.05, 4.69) is 0 Å². The van der Waals surface area contributed by atoms with Gasteiger partial charge in [-0.2, -0.15) is 0 Å². The van der Waals surface area contributed by atoms with Gasteiger partial charge in [0.2, 0.25) is 0 Å². The van der Waals surface area contributed by atoms with Gasteiger partial charge in [0.1, 0.15) is 0 Å². The molecule has 0 heterocycles. The quantitative estimate of drug-likeness (QED) is 0.284. The molecule has 0 aromatic rings. The molecular formula is C38H66O4. The van der Waals surface area contributed by atoms with Crippen LogP contribution in [0.1, 0.15) is 141 Å². The van der Waals surface area contributed by atoms with Crippen molar-refractivity contribution in [2.24, 2.45) is 46.3 Å². The van der Waals surface area contributed by atoms with E-state index in [1.165, 1.54) is 141 Å². The number of methoxy groups -OCH3 is 4. The minimum Gasteiger partial charge on any atom is -0.381 e. The zero-order valence-electron chi connectivity index (χ0n) is 28.0. The lowest BCUT2D eigenvalue weighted by Gasteiger charge is -2.67. The van der Waals surface area contributed by atoms with E-state index in [1.54, 1.807) is 0 Å². The van der Waals surface area contributed by atoms with Crippen LogP contribution in [-0.4, -0.2) is 52.9 Å². The van der Waals surface area contributed by atoms with Crippen LogP contribution in [0.15, 0.2) is 0 Å². The molecule has 0 aliphatic heterocycles. The third kappa shape index (κ3) is 5.79. The summed E-state index contributed by atoms with van der Waals surface area (Å²) >= 11 is 0. The molecule has 6 rings (SSSR count). The lowest BCUT2D eigenvalue weighted by molar-refractivity contribution is -0.187. The summed E-state index contributed by atoms with van der Waals surface area (Å²) in [4.78, 5) is 0. The average molecular weight is 587 g/mol. The largest absolute Gasteiger partial charge is 0.381 e. The van der Waals surface area contributed by atoms with Gasteiger partial charge in [0.15, 0.2) is 0 Å². The van der Waals surface area contributed by atoms with Crippen molar-refractivity contribution < 1.29 is 18.9 Å². The van der Waals surface area contributed by atoms with Gasteiger partial charge in [-0.1, -0.05) is 12.8 Å². The van der Waals surface area contributed by atoms with Gasteiger partial charge in [0.05, 0.1) is 24.4 Å². The maximum Gasteiger partial charge on any atom is 0.0571 e. The van der Waals surface area contributed by atoms with Gasteiger partial charge < -0.3 is 18.9 Å². The molecule has 0 radical (unpaired) electrons. The summed E-state index contributed by atoms with van der Waals surface area (Å²) in [5.74, 6) is 5.51. The van der Waals surface area contributed by atoms with E-state index >= 15 is 0 Å². The van der Waals surface area contributed by atoms with Crippen molar-refractivity contribution in [3.63, 3.8) is 0 Å². The van der Waals surface area contributed by atoms with E-state index in [0.717, 1.165) is 35.5 Å². The summed E-state index contributed by atoms with van der Waals surface area (Å²) < 4.78 is 23.7. The van der Waals surface area contributed by atoms with Crippen molar-refractivity contribution in [2.75, 3.05) is 28.4 Å². The zero-order valence-corrected chi connectivity index (χ0v) is 28.0. The van der Waals surface area contributed by atoms with Crippen LogP contribution < -0.4 is 0 Å². The Morgan fingerprint density at radius 3 is 0.786 bits per heavy atom. The Labute approximate surface area is 259 Å². The van der Waals surface area contributed by atoms with Crippen LogP contribution in [0.5, 0.6) is 0 Å². The molecular weight excluding hydrogens is 520 g/mol. The second-order valence-electron chi connectivity index (χ2n) is 16.1. The van der Waals surface area contributed by atoms with Gasteiger partial charge in [-0.05, 0) is 175 Å². The standard InChI is InChI=1S/C38H66O4/c1-39-31-17-9-27(10-18-31)37(28-11-19-32(40-2)20-12-28)25-5-8-36-35(37)7-6-26-38(36,29-13-21-33(41-3)22-14-29)30-15-23-34(42-4)24-16-30/h27-36H,5-26H2,1-4H3. The Kier molecular flexibility index (Phi) is 10.7. The first-order valence-corrected chi connectivity index (χ1v) is 18.7. The summed E-state index contributed by atoms with van der Waals surface area (Å²) in [7, 11) is 7.82. The molecule has 0 saturated heterocycles. The molecule has 0 amide bonds. The topological polar surface area (TPSA) is 36.9 Å². The first kappa shape index (κ1) is 31.8. The van der Waals surface area contributed by atoms with E-state index in [-0.39, 0.29) is 0 Å². The number of rotatable bonds is 8. The maximum atomic E-state index is 5.93. The summed E-state index contributed by atoms with van der Waals surface area (Å²) in [5.41, 5.74) is 1.11. The molecule has 6 saturated carbocycles. The predicted octanol–water partition coefficient (Wildman–Crippen LogP) is 9.38. The maximum absolute atomic E-state index is 5.93. The normalized spacial score (nSPS) is 48.9. The van der Waals surface area contributed by atoms with E-state index in [0.29, 0.717) is 35.2 Å². The zero-order chi connectivity index (χ0) is 29.2. The number of ether oxygens (including phenoxy) is 4. The average Bonchev–Trinajstić information content (AvgIpc) is 3.08. The molecule has 0 bridgehead atoms. The van der Waals surface area contributed by atoms with Crippen LogP contribution in [0, 0.1) is 46.3 Å². The molecule has 0 spiro atoms. The molecule has 0 N–H and O–H groups in total. The summed E-state index contributed by atoms with van der Waals surface area (Å²) in [6, 6.07) is 0. The number of hydrogen-bond donors (Lipinski definition) is 0. The highest BCUT2D eigenvalue weighted by Gasteiger charge is 2.63. The summed E-state index contributed by atoms with van der Waals surface area (Å²) in [5, 5.41) is 0. The van der Waals surface area contributed by atoms with Crippen molar-refractivity contribution in [3.05, 3.63) is 0 Å². The van der Waals surface area contributed by atoms with Crippen LogP contribution in [0.25, 0.3) is 0 Å². The smallest absolute Gasteiger partial charge is 0.0571 e. The lowest BCUT2D eigenvalue weighted by atomic mass is 9.38. The van der Waals surface area contributed by atoms with E-state index in [4.69, 9.17) is 18.9 Å². The van der Waals surface area contributed by atoms with Crippen LogP contribution in [-0.2, 0) is 18.9 Å². The van der Waals surface area contributed by atoms with Crippen LogP contribution >= 0.6 is 0 Å². The Bertz CT molecular complexity index is 695. The van der Waals surface area contributed by atoms with E-state index in [1.807, 2.05) is 28.4 Å². The molecule has 242 valence electrons. The second kappa shape index (κ2) is 14.1. The SMILES string of the molecule is COC1CCC(C2(C3CCC(OC)CC3)CCCC3C2CCCC3(C2CCC(OC)CC2)C2CCC(OC)CC2)CC1. The van der Waals surface area contributed by atoms with Crippen molar-refractivity contribution in [3.8, 4) is 0 Å². The second-order valence-corrected chi connectivity index (χ2v) is 16.1. The highest BCUT2D eigenvalue weighted by atomic mass is 16.5. The Morgan fingerprint density at radius 1 is 0.333 bits per heavy atom. The molecule has 6 fully saturated rings. The Balaban J connectivity index is 1.36. The van der Waals surface area contributed by atoms with Gasteiger partial charge in [-0.15, -0.1) is 0 Å². The predicted molar refractivity (Wildman–Crippen MR) is 171 cm³/mol. The van der Waals surface area contributed by atoms with Gasteiger partial charge >= 0.3 is 0 Å². The first-order chi connectivity index (χ1) is 20.6. The van der Waals surface area contributed by atoms with E-state index in [9.17, 15) is 0 Å². The van der Waals surface area contributed by atoms with Crippen LogP contribution in [0.4, 0.5) is 0 Å². The minimum atomic E-state index is 0.499. The molecule has 2 atom stereocenters. The van der Waals surface area contributed by atoms with Crippen molar-refractivity contribution in [1.29, 1.82) is 0 Å². The molecule has 6 aliphatic rings. The Hall–Kier alpha value is -0.160. The molecule has 2 unspecified atom stereocenters. The summed E-state index contributed by atoms with van der Waals surface area (Å²) in [6.07, 6.45) is 32.7. The van der Waals surface area contributed by atoms with Crippen molar-refractivity contribution >= 4 is 0 Å². The molecule has 42 heavy (non-hydrogen) atoms. The number of fused-ring (bicyclic) bond motifs is 1. The van der Waals surface area contributed by atoms with Crippen LogP contribution in [0.3, 0.4) is 0 Å². The third-order valence-electron chi connectivity index (χ3n) is 15.2. The molecule has 4 nitrogen and oxygen atoms in total. The highest BCUT2D eigenvalue weighted by Crippen LogP contribution is 2.70. The lowest BCUT2D eigenvalue weighted by Crippen LogP contribution is -2.60. The fourth-order valence-corrected chi connectivity index (χ4v) is 13.4. The first-order valence-electron chi connectivity index (χ1n) is 18.7. The molecule has 4 heteroatoms. The third-order valence-corrected chi connectivity index (χ3v) is 15.2. The van der Waals surface area contributed by atoms with Crippen molar-refractivity contribution in [1.82, 2.24) is 0 Å². The van der Waals surface area contributed by atoms with Gasteiger partial charge in [0.25, 0.3) is 0 Å². The molecule has 0 aromatic heterocycles. The Morgan fingerprint density at radius 2 is 0.571 bits per heavy atom. The van der Waals surface area contributed by atoms with E-state index < -0.39 is 0 Å². The van der Waals surface area contributed by atoms with Crippen molar-refractivity contribution in [2.45, 2.75) is 166 Å². The molecule has 6 aliphatic carbocycles.